The van der Waals surface area contributed by atoms with E-state index in [0.29, 0.717) is 11.0 Å². The van der Waals surface area contributed by atoms with Gasteiger partial charge in [0.05, 0.1) is 13.1 Å². The maximum Gasteiger partial charge on any atom is 0.245 e. The van der Waals surface area contributed by atoms with Crippen molar-refractivity contribution < 1.29 is 9.59 Å². The third-order valence-corrected chi connectivity index (χ3v) is 3.18. The Morgan fingerprint density at radius 2 is 2.11 bits per heavy atom. The Labute approximate surface area is 116 Å². The van der Waals surface area contributed by atoms with Gasteiger partial charge in [0.25, 0.3) is 0 Å². The van der Waals surface area contributed by atoms with E-state index in [-0.39, 0.29) is 37.3 Å². The Bertz CT molecular complexity index is 408. The number of anilines is 1. The molecule has 1 rings (SSSR count). The molecule has 6 nitrogen and oxygen atoms in total. The lowest BCUT2D eigenvalue weighted by Gasteiger charge is -2.03. The van der Waals surface area contributed by atoms with Crippen LogP contribution in [0.4, 0.5) is 5.13 Å². The Kier molecular flexibility index (Phi) is 7.49. The molecule has 1 heterocycles. The number of carbonyl (C=O) groups excluding carboxylic acids is 2. The lowest BCUT2D eigenvalue weighted by molar-refractivity contribution is -0.123. The van der Waals surface area contributed by atoms with E-state index < -0.39 is 0 Å². The van der Waals surface area contributed by atoms with Gasteiger partial charge in [0.15, 0.2) is 5.13 Å². The fourth-order valence-electron chi connectivity index (χ4n) is 1.03. The van der Waals surface area contributed by atoms with Crippen molar-refractivity contribution in [2.45, 2.75) is 19.8 Å². The first-order valence-electron chi connectivity index (χ1n) is 5.25. The third kappa shape index (κ3) is 5.44. The number of rotatable bonds is 5. The number of nitrogens with one attached hydrogen (secondary N) is 2. The molecule has 0 spiro atoms. The van der Waals surface area contributed by atoms with Crippen molar-refractivity contribution in [1.82, 2.24) is 10.3 Å². The van der Waals surface area contributed by atoms with Gasteiger partial charge in [-0.2, -0.15) is 0 Å². The Morgan fingerprint density at radius 3 is 2.61 bits per heavy atom. The van der Waals surface area contributed by atoms with Crippen LogP contribution in [0.25, 0.3) is 0 Å². The number of nitrogens with two attached hydrogens (primary N) is 1. The second kappa shape index (κ2) is 8.02. The van der Waals surface area contributed by atoms with Gasteiger partial charge in [-0.1, -0.05) is 13.8 Å². The number of amides is 2. The molecule has 1 aromatic heterocycles. The highest BCUT2D eigenvalue weighted by atomic mass is 35.5. The molecule has 0 unspecified atom stereocenters. The Hall–Kier alpha value is -1.18. The summed E-state index contributed by atoms with van der Waals surface area (Å²) in [6.07, 6.45) is 1.74. The van der Waals surface area contributed by atoms with Crippen LogP contribution in [-0.2, 0) is 9.59 Å². The van der Waals surface area contributed by atoms with E-state index in [1.807, 2.05) is 0 Å². The van der Waals surface area contributed by atoms with Gasteiger partial charge in [0, 0.05) is 11.1 Å². The van der Waals surface area contributed by atoms with Gasteiger partial charge < -0.3 is 16.4 Å². The van der Waals surface area contributed by atoms with Crippen molar-refractivity contribution >= 4 is 40.7 Å². The standard InChI is InChI=1S/C10H16N4O2S.ClH/c1-6(2)7-4-13-10(17-7)14-9(16)5-12-8(15)3-11;/h4,6H,3,5,11H2,1-2H3,(H,12,15)(H,13,14,16);1H. The molecule has 0 aromatic carbocycles. The van der Waals surface area contributed by atoms with Crippen molar-refractivity contribution in [1.29, 1.82) is 0 Å². The molecule has 4 N–H and O–H groups in total. The quantitative estimate of drug-likeness (QED) is 0.744. The van der Waals surface area contributed by atoms with Crippen LogP contribution >= 0.6 is 23.7 Å². The van der Waals surface area contributed by atoms with Crippen molar-refractivity contribution in [2.75, 3.05) is 18.4 Å². The molecule has 0 saturated carbocycles. The van der Waals surface area contributed by atoms with Crippen molar-refractivity contribution in [3.8, 4) is 0 Å². The first-order valence-corrected chi connectivity index (χ1v) is 6.07. The highest BCUT2D eigenvalue weighted by Gasteiger charge is 2.09. The number of hydrogen-bond acceptors (Lipinski definition) is 5. The van der Waals surface area contributed by atoms with Crippen LogP contribution in [0.1, 0.15) is 24.6 Å². The van der Waals surface area contributed by atoms with Gasteiger partial charge >= 0.3 is 0 Å². The van der Waals surface area contributed by atoms with Crippen LogP contribution in [0, 0.1) is 0 Å². The topological polar surface area (TPSA) is 97.1 Å². The summed E-state index contributed by atoms with van der Waals surface area (Å²) in [4.78, 5) is 27.4. The highest BCUT2D eigenvalue weighted by molar-refractivity contribution is 7.15. The minimum Gasteiger partial charge on any atom is -0.346 e. The van der Waals surface area contributed by atoms with E-state index in [4.69, 9.17) is 5.73 Å². The first-order chi connectivity index (χ1) is 8.02. The van der Waals surface area contributed by atoms with Crippen LogP contribution < -0.4 is 16.4 Å². The second-order valence-electron chi connectivity index (χ2n) is 3.75. The predicted octanol–water partition coefficient (Wildman–Crippen LogP) is 0.702. The average molecular weight is 293 g/mol. The summed E-state index contributed by atoms with van der Waals surface area (Å²) in [5.74, 6) is -0.284. The van der Waals surface area contributed by atoms with Gasteiger partial charge in [0.1, 0.15) is 0 Å². The molecule has 0 fully saturated rings. The number of thiazole rings is 1. The summed E-state index contributed by atoms with van der Waals surface area (Å²) < 4.78 is 0. The van der Waals surface area contributed by atoms with Crippen LogP contribution in [0.3, 0.4) is 0 Å². The number of aromatic nitrogens is 1. The van der Waals surface area contributed by atoms with E-state index in [1.165, 1.54) is 11.3 Å². The highest BCUT2D eigenvalue weighted by Crippen LogP contribution is 2.24. The summed E-state index contributed by atoms with van der Waals surface area (Å²) in [6, 6.07) is 0. The van der Waals surface area contributed by atoms with E-state index >= 15 is 0 Å². The normalized spacial score (nSPS) is 9.78. The maximum atomic E-state index is 11.4. The molecule has 8 heteroatoms. The van der Waals surface area contributed by atoms with E-state index in [9.17, 15) is 9.59 Å². The van der Waals surface area contributed by atoms with Crippen molar-refractivity contribution in [2.24, 2.45) is 5.73 Å². The lowest BCUT2D eigenvalue weighted by atomic mass is 10.2. The summed E-state index contributed by atoms with van der Waals surface area (Å²) in [5.41, 5.74) is 5.09. The third-order valence-electron chi connectivity index (χ3n) is 1.97. The first kappa shape index (κ1) is 16.8. The van der Waals surface area contributed by atoms with Crippen molar-refractivity contribution in [3.05, 3.63) is 11.1 Å². The van der Waals surface area contributed by atoms with Crippen LogP contribution in [-0.4, -0.2) is 29.9 Å². The van der Waals surface area contributed by atoms with Crippen LogP contribution in [0.2, 0.25) is 0 Å². The smallest absolute Gasteiger partial charge is 0.245 e. The van der Waals surface area contributed by atoms with Gasteiger partial charge in [-0.05, 0) is 5.92 Å². The van der Waals surface area contributed by atoms with Crippen LogP contribution in [0.15, 0.2) is 6.20 Å². The minimum absolute atomic E-state index is 0. The van der Waals surface area contributed by atoms with Gasteiger partial charge in [-0.3, -0.25) is 9.59 Å². The van der Waals surface area contributed by atoms with E-state index in [1.54, 1.807) is 6.20 Å². The predicted molar refractivity (Wildman–Crippen MR) is 74.1 cm³/mol. The maximum absolute atomic E-state index is 11.4. The fourth-order valence-corrected chi connectivity index (χ4v) is 1.86. The molecule has 1 aromatic rings. The SMILES string of the molecule is CC(C)c1cnc(NC(=O)CNC(=O)CN)s1.Cl. The summed E-state index contributed by atoms with van der Waals surface area (Å²) >= 11 is 1.43. The van der Waals surface area contributed by atoms with Crippen molar-refractivity contribution in [3.63, 3.8) is 0 Å². The number of halogens is 1. The van der Waals surface area contributed by atoms with Gasteiger partial charge in [0.2, 0.25) is 11.8 Å². The summed E-state index contributed by atoms with van der Waals surface area (Å²) in [6.45, 7) is 3.90. The minimum atomic E-state index is -0.359. The monoisotopic (exact) mass is 292 g/mol. The zero-order valence-electron chi connectivity index (χ0n) is 10.2. The van der Waals surface area contributed by atoms with E-state index in [0.717, 1.165) is 4.88 Å². The largest absolute Gasteiger partial charge is 0.346 e. The molecule has 2 amide bonds. The molecule has 0 aliphatic rings. The summed E-state index contributed by atoms with van der Waals surface area (Å²) in [7, 11) is 0. The molecule has 0 aliphatic heterocycles. The number of hydrogen-bond donors (Lipinski definition) is 3. The molecule has 0 aliphatic carbocycles. The average Bonchev–Trinajstić information content (AvgIpc) is 2.74. The molecule has 0 atom stereocenters. The second-order valence-corrected chi connectivity index (χ2v) is 4.81. The zero-order chi connectivity index (χ0) is 12.8. The van der Waals surface area contributed by atoms with Gasteiger partial charge in [-0.25, -0.2) is 4.98 Å². The van der Waals surface area contributed by atoms with E-state index in [2.05, 4.69) is 29.5 Å². The summed E-state index contributed by atoms with van der Waals surface area (Å²) in [5, 5.41) is 5.53. The molecule has 0 saturated heterocycles. The Morgan fingerprint density at radius 1 is 1.44 bits per heavy atom. The lowest BCUT2D eigenvalue weighted by Crippen LogP contribution is -2.36. The molecule has 102 valence electrons. The molecule has 18 heavy (non-hydrogen) atoms. The zero-order valence-corrected chi connectivity index (χ0v) is 11.9. The van der Waals surface area contributed by atoms with Gasteiger partial charge in [-0.15, -0.1) is 23.7 Å². The molecular weight excluding hydrogens is 276 g/mol. The number of carbonyl (C=O) groups is 2. The molecule has 0 radical (unpaired) electrons. The van der Waals surface area contributed by atoms with Crippen LogP contribution in [0.5, 0.6) is 0 Å². The molecular formula is C10H17ClN4O2S. The Balaban J connectivity index is 0.00000289. The molecule has 0 bridgehead atoms. The fraction of sp³-hybridized carbons (Fsp3) is 0.500. The number of nitrogens with zero attached hydrogens (tertiary/aromatic N) is 1.